The Morgan fingerprint density at radius 1 is 1.17 bits per heavy atom. The lowest BCUT2D eigenvalue weighted by atomic mass is 10.1. The van der Waals surface area contributed by atoms with Gasteiger partial charge in [0, 0.05) is 6.07 Å². The molecule has 6 nitrogen and oxygen atoms in total. The van der Waals surface area contributed by atoms with Gasteiger partial charge in [0.05, 0.1) is 5.75 Å². The van der Waals surface area contributed by atoms with Crippen LogP contribution in [0.4, 0.5) is 5.82 Å². The highest BCUT2D eigenvalue weighted by Crippen LogP contribution is 2.20. The van der Waals surface area contributed by atoms with Gasteiger partial charge >= 0.3 is 0 Å². The maximum atomic E-state index is 12.3. The average Bonchev–Trinajstić information content (AvgIpc) is 2.91. The van der Waals surface area contributed by atoms with Crippen molar-refractivity contribution in [3.63, 3.8) is 0 Å². The minimum absolute atomic E-state index is 0.195. The Bertz CT molecular complexity index is 987. The fourth-order valence-electron chi connectivity index (χ4n) is 2.51. The van der Waals surface area contributed by atoms with Gasteiger partial charge in [0.15, 0.2) is 15.7 Å². The molecule has 124 valence electrons. The molecule has 0 spiro atoms. The van der Waals surface area contributed by atoms with E-state index in [0.717, 1.165) is 10.8 Å². The Balaban J connectivity index is 1.74. The predicted molar refractivity (Wildman–Crippen MR) is 91.3 cm³/mol. The highest BCUT2D eigenvalue weighted by Gasteiger charge is 2.19. The Kier molecular flexibility index (Phi) is 4.35. The van der Waals surface area contributed by atoms with Gasteiger partial charge in [0.1, 0.15) is 11.5 Å². The summed E-state index contributed by atoms with van der Waals surface area (Å²) in [4.78, 5) is 11.9. The first-order valence-electron chi connectivity index (χ1n) is 7.33. The summed E-state index contributed by atoms with van der Waals surface area (Å²) < 4.78 is 29.5. The van der Waals surface area contributed by atoms with Crippen LogP contribution >= 0.6 is 0 Å². The number of aromatic nitrogens is 1. The molecular formula is C17H16N2O4S. The van der Waals surface area contributed by atoms with Gasteiger partial charge in [-0.1, -0.05) is 47.6 Å². The van der Waals surface area contributed by atoms with E-state index in [2.05, 4.69) is 10.5 Å². The molecule has 24 heavy (non-hydrogen) atoms. The Labute approximate surface area is 139 Å². The van der Waals surface area contributed by atoms with Crippen LogP contribution in [0, 0.1) is 6.92 Å². The van der Waals surface area contributed by atoms with Crippen LogP contribution in [0.5, 0.6) is 0 Å². The first-order chi connectivity index (χ1) is 11.4. The third-order valence-electron chi connectivity index (χ3n) is 3.50. The normalized spacial score (nSPS) is 11.5. The summed E-state index contributed by atoms with van der Waals surface area (Å²) in [6.07, 6.45) is 0. The molecule has 0 saturated carbocycles. The highest BCUT2D eigenvalue weighted by molar-refractivity contribution is 7.91. The molecule has 0 radical (unpaired) electrons. The molecule has 0 aliphatic rings. The fourth-order valence-corrected chi connectivity index (χ4v) is 3.81. The molecule has 3 aromatic rings. The number of benzene rings is 2. The van der Waals surface area contributed by atoms with E-state index in [9.17, 15) is 13.2 Å². The lowest BCUT2D eigenvalue weighted by molar-refractivity contribution is -0.113. The second kappa shape index (κ2) is 6.45. The Morgan fingerprint density at radius 3 is 2.67 bits per heavy atom. The summed E-state index contributed by atoms with van der Waals surface area (Å²) in [5.41, 5.74) is 0.679. The summed E-state index contributed by atoms with van der Waals surface area (Å²) >= 11 is 0. The number of fused-ring (bicyclic) bond motifs is 1. The number of hydrogen-bond acceptors (Lipinski definition) is 5. The second-order valence-electron chi connectivity index (χ2n) is 5.54. The van der Waals surface area contributed by atoms with Gasteiger partial charge in [-0.05, 0) is 23.3 Å². The first-order valence-corrected chi connectivity index (χ1v) is 9.15. The van der Waals surface area contributed by atoms with E-state index in [1.165, 1.54) is 6.07 Å². The number of amides is 1. The van der Waals surface area contributed by atoms with Crippen LogP contribution in [0.2, 0.25) is 0 Å². The van der Waals surface area contributed by atoms with Crippen molar-refractivity contribution < 1.29 is 17.7 Å². The van der Waals surface area contributed by atoms with Crippen LogP contribution in [-0.2, 0) is 20.4 Å². The topological polar surface area (TPSA) is 89.3 Å². The van der Waals surface area contributed by atoms with Gasteiger partial charge in [0.2, 0.25) is 5.91 Å². The van der Waals surface area contributed by atoms with E-state index in [1.54, 1.807) is 13.0 Å². The molecule has 1 aromatic heterocycles. The average molecular weight is 344 g/mol. The molecule has 0 fully saturated rings. The third-order valence-corrected chi connectivity index (χ3v) is 4.95. The van der Waals surface area contributed by atoms with Crippen molar-refractivity contribution in [3.8, 4) is 0 Å². The fraction of sp³-hybridized carbons (Fsp3) is 0.176. The largest absolute Gasteiger partial charge is 0.360 e. The lowest BCUT2D eigenvalue weighted by Gasteiger charge is -2.08. The van der Waals surface area contributed by atoms with Gasteiger partial charge in [-0.2, -0.15) is 0 Å². The van der Waals surface area contributed by atoms with Crippen molar-refractivity contribution in [2.24, 2.45) is 0 Å². The minimum Gasteiger partial charge on any atom is -0.360 e. The van der Waals surface area contributed by atoms with Crippen LogP contribution in [0.15, 0.2) is 53.1 Å². The zero-order chi connectivity index (χ0) is 17.2. The van der Waals surface area contributed by atoms with Gasteiger partial charge in [-0.15, -0.1) is 0 Å². The lowest BCUT2D eigenvalue weighted by Crippen LogP contribution is -2.24. The Morgan fingerprint density at radius 2 is 1.92 bits per heavy atom. The number of anilines is 1. The monoisotopic (exact) mass is 344 g/mol. The summed E-state index contributed by atoms with van der Waals surface area (Å²) in [5.74, 6) is -0.702. The molecule has 7 heteroatoms. The number of sulfone groups is 1. The molecule has 1 heterocycles. The SMILES string of the molecule is Cc1cc(NC(=O)CS(=O)(=O)Cc2cccc3ccccc23)no1. The smallest absolute Gasteiger partial charge is 0.240 e. The molecule has 0 aliphatic carbocycles. The van der Waals surface area contributed by atoms with E-state index >= 15 is 0 Å². The molecule has 1 N–H and O–H groups in total. The molecule has 2 aromatic carbocycles. The maximum absolute atomic E-state index is 12.3. The molecule has 1 amide bonds. The predicted octanol–water partition coefficient (Wildman–Crippen LogP) is 2.69. The van der Waals surface area contributed by atoms with E-state index < -0.39 is 21.5 Å². The number of aryl methyl sites for hydroxylation is 1. The number of hydrogen-bond donors (Lipinski definition) is 1. The highest BCUT2D eigenvalue weighted by atomic mass is 32.2. The van der Waals surface area contributed by atoms with Crippen molar-refractivity contribution in [2.45, 2.75) is 12.7 Å². The molecular weight excluding hydrogens is 328 g/mol. The van der Waals surface area contributed by atoms with Crippen molar-refractivity contribution in [2.75, 3.05) is 11.1 Å². The van der Waals surface area contributed by atoms with Crippen LogP contribution in [0.25, 0.3) is 10.8 Å². The van der Waals surface area contributed by atoms with Crippen molar-refractivity contribution in [3.05, 3.63) is 59.9 Å². The molecule has 0 aliphatic heterocycles. The van der Waals surface area contributed by atoms with E-state index in [0.29, 0.717) is 11.3 Å². The number of rotatable bonds is 5. The number of carbonyl (C=O) groups excluding carboxylic acids is 1. The number of nitrogens with zero attached hydrogens (tertiary/aromatic N) is 1. The van der Waals surface area contributed by atoms with E-state index in [-0.39, 0.29) is 11.6 Å². The summed E-state index contributed by atoms with van der Waals surface area (Å²) in [5, 5.41) is 7.86. The zero-order valence-corrected chi connectivity index (χ0v) is 13.8. The molecule has 0 atom stereocenters. The van der Waals surface area contributed by atoms with Crippen LogP contribution in [-0.4, -0.2) is 25.2 Å². The van der Waals surface area contributed by atoms with E-state index in [4.69, 9.17) is 4.52 Å². The maximum Gasteiger partial charge on any atom is 0.240 e. The zero-order valence-electron chi connectivity index (χ0n) is 13.0. The third kappa shape index (κ3) is 3.80. The van der Waals surface area contributed by atoms with Gasteiger partial charge in [-0.3, -0.25) is 4.79 Å². The van der Waals surface area contributed by atoms with Crippen molar-refractivity contribution >= 4 is 32.3 Å². The first kappa shape index (κ1) is 16.2. The number of nitrogens with one attached hydrogen (secondary N) is 1. The minimum atomic E-state index is -3.61. The van der Waals surface area contributed by atoms with Gasteiger partial charge in [0.25, 0.3) is 0 Å². The van der Waals surface area contributed by atoms with Crippen molar-refractivity contribution in [1.29, 1.82) is 0 Å². The molecule has 0 bridgehead atoms. The van der Waals surface area contributed by atoms with E-state index in [1.807, 2.05) is 36.4 Å². The summed E-state index contributed by atoms with van der Waals surface area (Å²) in [6, 6.07) is 14.6. The van der Waals surface area contributed by atoms with Crippen LogP contribution in [0.3, 0.4) is 0 Å². The molecule has 3 rings (SSSR count). The standard InChI is InChI=1S/C17H16N2O4S/c1-12-9-16(19-23-12)18-17(20)11-24(21,22)10-14-7-4-6-13-5-2-3-8-15(13)14/h2-9H,10-11H2,1H3,(H,18,19,20). The van der Waals surface area contributed by atoms with Gasteiger partial charge < -0.3 is 9.84 Å². The summed E-state index contributed by atoms with van der Waals surface area (Å²) in [7, 11) is -3.61. The molecule has 0 unspecified atom stereocenters. The Hall–Kier alpha value is -2.67. The quantitative estimate of drug-likeness (QED) is 0.768. The van der Waals surface area contributed by atoms with Gasteiger partial charge in [-0.25, -0.2) is 8.42 Å². The summed E-state index contributed by atoms with van der Waals surface area (Å²) in [6.45, 7) is 1.68. The van der Waals surface area contributed by atoms with Crippen LogP contribution in [0.1, 0.15) is 11.3 Å². The van der Waals surface area contributed by atoms with Crippen molar-refractivity contribution in [1.82, 2.24) is 5.16 Å². The van der Waals surface area contributed by atoms with Crippen LogP contribution < -0.4 is 5.32 Å². The number of carbonyl (C=O) groups is 1. The second-order valence-corrected chi connectivity index (χ2v) is 7.61. The molecule has 0 saturated heterocycles.